The van der Waals surface area contributed by atoms with Crippen LogP contribution in [0.4, 0.5) is 0 Å². The second kappa shape index (κ2) is 39.5. The predicted molar refractivity (Wildman–Crippen MR) is 333 cm³/mol. The molecular weight excluding hydrogens is 1160 g/mol. The van der Waals surface area contributed by atoms with Gasteiger partial charge in [0.15, 0.2) is 0 Å². The Balaban J connectivity index is 1.08. The van der Waals surface area contributed by atoms with Gasteiger partial charge in [0.05, 0.1) is 116 Å². The summed E-state index contributed by atoms with van der Waals surface area (Å²) in [7, 11) is 4.86. The Morgan fingerprint density at radius 3 is 0.767 bits per heavy atom. The van der Waals surface area contributed by atoms with Crippen LogP contribution in [0.3, 0.4) is 0 Å². The number of carbonyl (C=O) groups is 3. The number of rotatable bonds is 42. The molecule has 1 aliphatic rings. The van der Waals surface area contributed by atoms with E-state index in [1.165, 1.54) is 0 Å². The monoisotopic (exact) mass is 1250 g/mol. The first-order chi connectivity index (χ1) is 44.0. The van der Waals surface area contributed by atoms with Crippen molar-refractivity contribution in [2.45, 2.75) is 19.6 Å². The van der Waals surface area contributed by atoms with Crippen molar-refractivity contribution in [3.05, 3.63) is 143 Å². The molecule has 6 aromatic rings. The van der Waals surface area contributed by atoms with Gasteiger partial charge in [-0.25, -0.2) is 29.3 Å². The fraction of sp³-hybridized carbons (Fsp3) is 0.455. The number of ether oxygens (including phenoxy) is 12. The maximum Gasteiger partial charge on any atom is 0.354 e. The standard InChI is InChI=1S/C66H84N6O18/c1-79-22-25-82-28-31-85-34-37-88-58-10-4-49(5-11-58)52-40-55(67-61(43-52)64(73)74)46-70-16-18-71(47-56-41-53(44-62(68-56)65(75)76)50-6-12-59(13-7-50)89-38-35-86-32-29-83-26-23-80-2)20-21-72(19-17-70)48-57-42-54(45-63(69-57)66(77)78)51-8-14-60(15-9-51)90-39-36-87-33-30-84-27-24-81-3/h4-15,40-45H,16-39,46-48H2,1-3H3,(H,73,74)(H,75,76)(H,77,78). The van der Waals surface area contributed by atoms with E-state index in [0.29, 0.717) is 209 Å². The third-order valence-corrected chi connectivity index (χ3v) is 14.1. The molecule has 0 saturated carbocycles. The first-order valence-electron chi connectivity index (χ1n) is 30.0. The summed E-state index contributed by atoms with van der Waals surface area (Å²) in [6.45, 7) is 11.8. The number of methoxy groups -OCH3 is 3. The van der Waals surface area contributed by atoms with Crippen molar-refractivity contribution in [2.75, 3.05) is 180 Å². The van der Waals surface area contributed by atoms with Crippen LogP contribution in [-0.2, 0) is 62.3 Å². The maximum absolute atomic E-state index is 12.7. The number of benzene rings is 3. The Bertz CT molecular complexity index is 2750. The van der Waals surface area contributed by atoms with Gasteiger partial charge in [0.25, 0.3) is 0 Å². The zero-order chi connectivity index (χ0) is 63.6. The molecule has 1 saturated heterocycles. The van der Waals surface area contributed by atoms with E-state index < -0.39 is 17.9 Å². The second-order valence-electron chi connectivity index (χ2n) is 20.7. The van der Waals surface area contributed by atoms with Gasteiger partial charge in [-0.1, -0.05) is 36.4 Å². The van der Waals surface area contributed by atoms with Crippen LogP contribution in [0, 0.1) is 0 Å². The minimum atomic E-state index is -1.17. The van der Waals surface area contributed by atoms with Crippen molar-refractivity contribution in [1.29, 1.82) is 0 Å². The van der Waals surface area contributed by atoms with Gasteiger partial charge in [-0.2, -0.15) is 0 Å². The molecule has 24 heteroatoms. The first-order valence-corrected chi connectivity index (χ1v) is 30.0. The van der Waals surface area contributed by atoms with E-state index in [4.69, 9.17) is 56.8 Å². The molecule has 3 aromatic heterocycles. The van der Waals surface area contributed by atoms with Gasteiger partial charge in [-0.05, 0) is 106 Å². The highest BCUT2D eigenvalue weighted by Crippen LogP contribution is 2.28. The number of carboxylic acid groups (broad SMARTS) is 3. The topological polar surface area (TPSA) is 271 Å². The van der Waals surface area contributed by atoms with Gasteiger partial charge in [0.1, 0.15) is 54.2 Å². The molecule has 3 aromatic carbocycles. The average molecular weight is 1250 g/mol. The van der Waals surface area contributed by atoms with E-state index >= 15 is 0 Å². The van der Waals surface area contributed by atoms with E-state index in [9.17, 15) is 29.7 Å². The average Bonchev–Trinajstić information content (AvgIpc) is 1.80. The highest BCUT2D eigenvalue weighted by Gasteiger charge is 2.22. The number of carboxylic acids is 3. The Kier molecular flexibility index (Phi) is 30.7. The molecule has 0 atom stereocenters. The van der Waals surface area contributed by atoms with Crippen LogP contribution in [0.2, 0.25) is 0 Å². The van der Waals surface area contributed by atoms with Crippen molar-refractivity contribution in [3.8, 4) is 50.6 Å². The fourth-order valence-corrected chi connectivity index (χ4v) is 9.46. The van der Waals surface area contributed by atoms with Crippen molar-refractivity contribution in [2.24, 2.45) is 0 Å². The van der Waals surface area contributed by atoms with Crippen molar-refractivity contribution >= 4 is 17.9 Å². The number of pyridine rings is 3. The Labute approximate surface area is 525 Å². The number of nitrogens with zero attached hydrogens (tertiary/aromatic N) is 6. The Morgan fingerprint density at radius 1 is 0.322 bits per heavy atom. The minimum absolute atomic E-state index is 0.106. The summed E-state index contributed by atoms with van der Waals surface area (Å²) in [5.41, 5.74) is 5.63. The molecule has 0 bridgehead atoms. The van der Waals surface area contributed by atoms with Gasteiger partial charge in [-0.3, -0.25) is 14.7 Å². The lowest BCUT2D eigenvalue weighted by Gasteiger charge is -2.26. The van der Waals surface area contributed by atoms with Gasteiger partial charge < -0.3 is 72.2 Å². The summed E-state index contributed by atoms with van der Waals surface area (Å²) < 4.78 is 65.8. The number of hydrogen-bond donors (Lipinski definition) is 3. The lowest BCUT2D eigenvalue weighted by atomic mass is 10.0. The molecule has 0 radical (unpaired) electrons. The SMILES string of the molecule is COCCOCCOCCOc1ccc(-c2cc(CN3CCN(Cc4cc(-c5ccc(OCCOCCOCCOC)cc5)cc(C(=O)O)n4)CCN(Cc4cc(-c5ccc(OCCOCCOCCOC)cc5)cc(C(=O)O)n4)CC3)nc(C(=O)O)c2)cc1. The van der Waals surface area contributed by atoms with Gasteiger partial charge in [0.2, 0.25) is 0 Å². The van der Waals surface area contributed by atoms with Crippen LogP contribution in [0.15, 0.2) is 109 Å². The lowest BCUT2D eigenvalue weighted by Crippen LogP contribution is -2.36. The molecule has 0 aliphatic carbocycles. The van der Waals surface area contributed by atoms with Crippen molar-refractivity contribution < 1.29 is 86.5 Å². The molecular formula is C66H84N6O18. The van der Waals surface area contributed by atoms with Crippen LogP contribution in [0.5, 0.6) is 17.2 Å². The van der Waals surface area contributed by atoms with Crippen LogP contribution < -0.4 is 14.2 Å². The van der Waals surface area contributed by atoms with Crippen molar-refractivity contribution in [3.63, 3.8) is 0 Å². The van der Waals surface area contributed by atoms with Crippen LogP contribution in [0.1, 0.15) is 48.5 Å². The largest absolute Gasteiger partial charge is 0.491 e. The van der Waals surface area contributed by atoms with Gasteiger partial charge in [0, 0.05) is 80.2 Å². The maximum atomic E-state index is 12.7. The van der Waals surface area contributed by atoms with E-state index in [2.05, 4.69) is 29.7 Å². The predicted octanol–water partition coefficient (Wildman–Crippen LogP) is 6.96. The normalized spacial score (nSPS) is 13.4. The van der Waals surface area contributed by atoms with E-state index in [-0.39, 0.29) is 36.7 Å². The zero-order valence-electron chi connectivity index (χ0n) is 51.6. The van der Waals surface area contributed by atoms with Crippen LogP contribution in [-0.4, -0.2) is 242 Å². The highest BCUT2D eigenvalue weighted by molar-refractivity contribution is 5.88. The molecule has 0 amide bonds. The molecule has 1 aliphatic heterocycles. The molecule has 3 N–H and O–H groups in total. The third kappa shape index (κ3) is 25.0. The number of aromatic nitrogens is 3. The van der Waals surface area contributed by atoms with Crippen LogP contribution in [0.25, 0.3) is 33.4 Å². The number of aromatic carboxylic acids is 3. The second-order valence-corrected chi connectivity index (χ2v) is 20.7. The third-order valence-electron chi connectivity index (χ3n) is 14.1. The molecule has 0 unspecified atom stereocenters. The first kappa shape index (κ1) is 69.9. The molecule has 7 rings (SSSR count). The zero-order valence-corrected chi connectivity index (χ0v) is 51.6. The lowest BCUT2D eigenvalue weighted by molar-refractivity contribution is 0.0180. The summed E-state index contributed by atoms with van der Waals surface area (Å²) in [6, 6.07) is 32.5. The Hall–Kier alpha value is -7.56. The van der Waals surface area contributed by atoms with Gasteiger partial charge >= 0.3 is 17.9 Å². The summed E-state index contributed by atoms with van der Waals surface area (Å²) in [5, 5.41) is 31.0. The van der Waals surface area contributed by atoms with Crippen molar-refractivity contribution in [1.82, 2.24) is 29.7 Å². The quantitative estimate of drug-likeness (QED) is 0.0327. The van der Waals surface area contributed by atoms with E-state index in [1.54, 1.807) is 39.5 Å². The molecule has 0 spiro atoms. The molecule has 1 fully saturated rings. The Morgan fingerprint density at radius 2 is 0.544 bits per heavy atom. The smallest absolute Gasteiger partial charge is 0.354 e. The highest BCUT2D eigenvalue weighted by atomic mass is 16.6. The fourth-order valence-electron chi connectivity index (χ4n) is 9.46. The summed E-state index contributed by atoms with van der Waals surface area (Å²) in [5.74, 6) is -1.62. The van der Waals surface area contributed by atoms with E-state index in [0.717, 1.165) is 16.7 Å². The van der Waals surface area contributed by atoms with E-state index in [1.807, 2.05) is 91.0 Å². The number of hydrogen-bond acceptors (Lipinski definition) is 21. The molecule has 486 valence electrons. The summed E-state index contributed by atoms with van der Waals surface area (Å²) >= 11 is 0. The molecule has 24 nitrogen and oxygen atoms in total. The molecule has 90 heavy (non-hydrogen) atoms. The molecule has 4 heterocycles. The minimum Gasteiger partial charge on any atom is -0.491 e. The van der Waals surface area contributed by atoms with Crippen LogP contribution >= 0.6 is 0 Å². The van der Waals surface area contributed by atoms with Gasteiger partial charge in [-0.15, -0.1) is 0 Å². The summed E-state index contributed by atoms with van der Waals surface area (Å²) in [6.07, 6.45) is 0. The summed E-state index contributed by atoms with van der Waals surface area (Å²) in [4.78, 5) is 58.4.